The summed E-state index contributed by atoms with van der Waals surface area (Å²) in [4.78, 5) is 36.7. The highest BCUT2D eigenvalue weighted by molar-refractivity contribution is 5.83. The van der Waals surface area contributed by atoms with Gasteiger partial charge in [0.2, 0.25) is 0 Å². The summed E-state index contributed by atoms with van der Waals surface area (Å²) in [6, 6.07) is -1.54. The Balaban J connectivity index is 2.55. The van der Waals surface area contributed by atoms with E-state index in [2.05, 4.69) is 0 Å². The fraction of sp³-hybridized carbons (Fsp3) is 0.750. The van der Waals surface area contributed by atoms with E-state index in [4.69, 9.17) is 9.84 Å². The van der Waals surface area contributed by atoms with Crippen molar-refractivity contribution in [3.8, 4) is 0 Å². The highest BCUT2D eigenvalue weighted by Crippen LogP contribution is 2.19. The molecule has 1 rings (SSSR count). The minimum absolute atomic E-state index is 0.0143. The number of carbonyl (C=O) groups is 3. The number of carboxylic acid groups (broad SMARTS) is 1. The van der Waals surface area contributed by atoms with Crippen LogP contribution in [0.5, 0.6) is 0 Å². The molecule has 2 unspecified atom stereocenters. The summed E-state index contributed by atoms with van der Waals surface area (Å²) >= 11 is 0. The molecule has 1 heterocycles. The van der Waals surface area contributed by atoms with Crippen molar-refractivity contribution in [1.29, 1.82) is 0 Å². The number of β-amino-alcohol motifs (C(OH)–C–C–N with tert-alkyl or cyclic N) is 1. The van der Waals surface area contributed by atoms with Crippen LogP contribution in [0.1, 0.15) is 19.8 Å². The fourth-order valence-corrected chi connectivity index (χ4v) is 2.07. The van der Waals surface area contributed by atoms with Gasteiger partial charge in [0, 0.05) is 26.6 Å². The lowest BCUT2D eigenvalue weighted by Crippen LogP contribution is -2.47. The molecule has 0 radical (unpaired) electrons. The van der Waals surface area contributed by atoms with Gasteiger partial charge in [-0.05, 0) is 6.92 Å². The van der Waals surface area contributed by atoms with E-state index in [1.807, 2.05) is 0 Å². The number of carbonyl (C=O) groups excluding carboxylic acids is 2. The molecule has 0 spiro atoms. The Kier molecular flexibility index (Phi) is 5.75. The Hall–Kier alpha value is -1.83. The molecule has 0 aromatic carbocycles. The minimum Gasteiger partial charge on any atom is -0.480 e. The topological polar surface area (TPSA) is 107 Å². The van der Waals surface area contributed by atoms with Crippen LogP contribution in [-0.2, 0) is 14.3 Å². The number of amides is 2. The molecule has 1 fully saturated rings. The van der Waals surface area contributed by atoms with Crippen LogP contribution in [0.2, 0.25) is 0 Å². The summed E-state index contributed by atoms with van der Waals surface area (Å²) in [7, 11) is 1.48. The molecule has 0 bridgehead atoms. The van der Waals surface area contributed by atoms with Gasteiger partial charge in [0.1, 0.15) is 6.04 Å². The highest BCUT2D eigenvalue weighted by atomic mass is 16.5. The van der Waals surface area contributed by atoms with Crippen molar-refractivity contribution < 1.29 is 29.3 Å². The number of rotatable bonds is 5. The number of aliphatic carboxylic acids is 1. The number of hydrogen-bond donors (Lipinski definition) is 2. The van der Waals surface area contributed by atoms with Gasteiger partial charge in [0.15, 0.2) is 0 Å². The third-order valence-electron chi connectivity index (χ3n) is 3.09. The van der Waals surface area contributed by atoms with Crippen LogP contribution in [-0.4, -0.2) is 76.9 Å². The molecule has 1 aliphatic heterocycles. The van der Waals surface area contributed by atoms with Crippen molar-refractivity contribution in [2.45, 2.75) is 31.9 Å². The van der Waals surface area contributed by atoms with Crippen LogP contribution in [0.3, 0.4) is 0 Å². The van der Waals surface area contributed by atoms with Gasteiger partial charge in [-0.15, -0.1) is 0 Å². The highest BCUT2D eigenvalue weighted by Gasteiger charge is 2.40. The van der Waals surface area contributed by atoms with Crippen LogP contribution in [0, 0.1) is 0 Å². The third-order valence-corrected chi connectivity index (χ3v) is 3.09. The molecule has 2 N–H and O–H groups in total. The van der Waals surface area contributed by atoms with Crippen LogP contribution >= 0.6 is 0 Å². The van der Waals surface area contributed by atoms with Gasteiger partial charge in [0.25, 0.3) is 0 Å². The van der Waals surface area contributed by atoms with Crippen molar-refractivity contribution in [2.24, 2.45) is 0 Å². The standard InChI is InChI=1S/C12H20N2O6/c1-3-20-10(16)4-5-13(2)12(19)14-7-8(15)6-9(14)11(17)18/h8-9,15H,3-7H2,1-2H3,(H,17,18). The quantitative estimate of drug-likeness (QED) is 0.661. The number of hydrogen-bond acceptors (Lipinski definition) is 5. The summed E-state index contributed by atoms with van der Waals surface area (Å²) in [5.41, 5.74) is 0. The Bertz CT molecular complexity index is 386. The molecule has 2 atom stereocenters. The Labute approximate surface area is 116 Å². The fourth-order valence-electron chi connectivity index (χ4n) is 2.07. The molecule has 8 nitrogen and oxygen atoms in total. The molecule has 0 saturated carbocycles. The van der Waals surface area contributed by atoms with E-state index in [1.54, 1.807) is 6.92 Å². The minimum atomic E-state index is -1.14. The third kappa shape index (κ3) is 4.09. The molecule has 0 aromatic heterocycles. The molecular formula is C12H20N2O6. The van der Waals surface area contributed by atoms with Crippen molar-refractivity contribution in [1.82, 2.24) is 9.80 Å². The predicted molar refractivity (Wildman–Crippen MR) is 68.0 cm³/mol. The van der Waals surface area contributed by atoms with Crippen LogP contribution < -0.4 is 0 Å². The maximum atomic E-state index is 12.1. The van der Waals surface area contributed by atoms with Crippen molar-refractivity contribution in [3.05, 3.63) is 0 Å². The average molecular weight is 288 g/mol. The van der Waals surface area contributed by atoms with Gasteiger partial charge >= 0.3 is 18.0 Å². The lowest BCUT2D eigenvalue weighted by molar-refractivity contribution is -0.144. The van der Waals surface area contributed by atoms with Crippen LogP contribution in [0.25, 0.3) is 0 Å². The summed E-state index contributed by atoms with van der Waals surface area (Å²) in [5, 5.41) is 18.5. The second-order valence-electron chi connectivity index (χ2n) is 4.66. The van der Waals surface area contributed by atoms with Gasteiger partial charge in [-0.1, -0.05) is 0 Å². The molecule has 8 heteroatoms. The number of aliphatic hydroxyl groups excluding tert-OH is 1. The van der Waals surface area contributed by atoms with E-state index >= 15 is 0 Å². The maximum absolute atomic E-state index is 12.1. The van der Waals surface area contributed by atoms with E-state index in [-0.39, 0.29) is 32.5 Å². The first-order valence-corrected chi connectivity index (χ1v) is 6.45. The number of likely N-dealkylation sites (tertiary alicyclic amines) is 1. The van der Waals surface area contributed by atoms with Crippen molar-refractivity contribution >= 4 is 18.0 Å². The largest absolute Gasteiger partial charge is 0.480 e. The van der Waals surface area contributed by atoms with E-state index in [9.17, 15) is 19.5 Å². The molecule has 2 amide bonds. The van der Waals surface area contributed by atoms with Gasteiger partial charge in [-0.2, -0.15) is 0 Å². The molecular weight excluding hydrogens is 268 g/mol. The van der Waals surface area contributed by atoms with Gasteiger partial charge in [-0.25, -0.2) is 9.59 Å². The van der Waals surface area contributed by atoms with Gasteiger partial charge in [-0.3, -0.25) is 4.79 Å². The normalized spacial score (nSPS) is 21.6. The first-order chi connectivity index (χ1) is 9.36. The Morgan fingerprint density at radius 1 is 1.40 bits per heavy atom. The van der Waals surface area contributed by atoms with E-state index in [1.165, 1.54) is 11.9 Å². The summed E-state index contributed by atoms with van der Waals surface area (Å²) in [6.45, 7) is 2.09. The predicted octanol–water partition coefficient (Wildman–Crippen LogP) is -0.489. The van der Waals surface area contributed by atoms with E-state index < -0.39 is 30.1 Å². The zero-order chi connectivity index (χ0) is 15.3. The van der Waals surface area contributed by atoms with Crippen LogP contribution in [0.4, 0.5) is 4.79 Å². The molecule has 0 aliphatic carbocycles. The number of esters is 1. The Morgan fingerprint density at radius 3 is 2.60 bits per heavy atom. The summed E-state index contributed by atoms with van der Waals surface area (Å²) in [6.07, 6.45) is -0.768. The number of ether oxygens (including phenoxy) is 1. The SMILES string of the molecule is CCOC(=O)CCN(C)C(=O)N1CC(O)CC1C(=O)O. The lowest BCUT2D eigenvalue weighted by atomic mass is 10.2. The summed E-state index contributed by atoms with van der Waals surface area (Å²) in [5.74, 6) is -1.56. The smallest absolute Gasteiger partial charge is 0.326 e. The number of nitrogens with zero attached hydrogens (tertiary/aromatic N) is 2. The zero-order valence-electron chi connectivity index (χ0n) is 11.6. The first kappa shape index (κ1) is 16.2. The second-order valence-corrected chi connectivity index (χ2v) is 4.66. The molecule has 1 saturated heterocycles. The molecule has 1 aliphatic rings. The lowest BCUT2D eigenvalue weighted by Gasteiger charge is -2.27. The van der Waals surface area contributed by atoms with Gasteiger partial charge in [0.05, 0.1) is 19.1 Å². The van der Waals surface area contributed by atoms with E-state index in [0.29, 0.717) is 0 Å². The maximum Gasteiger partial charge on any atom is 0.326 e. The average Bonchev–Trinajstić information content (AvgIpc) is 2.77. The Morgan fingerprint density at radius 2 is 2.05 bits per heavy atom. The molecule has 20 heavy (non-hydrogen) atoms. The van der Waals surface area contributed by atoms with E-state index in [0.717, 1.165) is 4.90 Å². The number of carboxylic acids is 1. The molecule has 0 aromatic rings. The monoisotopic (exact) mass is 288 g/mol. The second kappa shape index (κ2) is 7.09. The number of aliphatic hydroxyl groups is 1. The first-order valence-electron chi connectivity index (χ1n) is 6.45. The van der Waals surface area contributed by atoms with Crippen molar-refractivity contribution in [2.75, 3.05) is 26.7 Å². The molecule has 114 valence electrons. The zero-order valence-corrected chi connectivity index (χ0v) is 11.6. The van der Waals surface area contributed by atoms with Gasteiger partial charge < -0.3 is 24.7 Å². The number of urea groups is 1. The summed E-state index contributed by atoms with van der Waals surface area (Å²) < 4.78 is 4.75. The van der Waals surface area contributed by atoms with Crippen LogP contribution in [0.15, 0.2) is 0 Å². The van der Waals surface area contributed by atoms with Crippen molar-refractivity contribution in [3.63, 3.8) is 0 Å².